The van der Waals surface area contributed by atoms with E-state index in [2.05, 4.69) is 23.3 Å². The fraction of sp³-hybridized carbons (Fsp3) is 0.684. The molecule has 0 bridgehead atoms. The van der Waals surface area contributed by atoms with Gasteiger partial charge in [0, 0.05) is 33.2 Å². The van der Waals surface area contributed by atoms with Crippen molar-refractivity contribution >= 4 is 23.7 Å². The van der Waals surface area contributed by atoms with Crippen molar-refractivity contribution in [1.29, 1.82) is 0 Å². The van der Waals surface area contributed by atoms with E-state index in [0.29, 0.717) is 32.1 Å². The Balaban J connectivity index is 1.65. The Morgan fingerprint density at radius 3 is 2.50 bits per heavy atom. The predicted octanol–water partition coefficient (Wildman–Crippen LogP) is 0.784. The fourth-order valence-corrected chi connectivity index (χ4v) is 4.35. The summed E-state index contributed by atoms with van der Waals surface area (Å²) in [4.78, 5) is 36.1. The van der Waals surface area contributed by atoms with Crippen LogP contribution in [0, 0.1) is 13.8 Å². The molecule has 2 fully saturated rings. The lowest BCUT2D eigenvalue weighted by atomic mass is 10.1. The Morgan fingerprint density at radius 2 is 1.86 bits per heavy atom. The molecule has 152 valence electrons. The summed E-state index contributed by atoms with van der Waals surface area (Å²) in [7, 11) is 1.71. The van der Waals surface area contributed by atoms with Gasteiger partial charge in [-0.3, -0.25) is 19.5 Å². The maximum absolute atomic E-state index is 13.4. The molecule has 2 saturated heterocycles. The number of imidazole rings is 1. The smallest absolute Gasteiger partial charge is 0.379 e. The molecule has 3 aliphatic heterocycles. The van der Waals surface area contributed by atoms with E-state index in [1.807, 2.05) is 18.4 Å². The van der Waals surface area contributed by atoms with E-state index >= 15 is 0 Å². The quantitative estimate of drug-likeness (QED) is 0.714. The van der Waals surface area contributed by atoms with E-state index in [4.69, 9.17) is 9.73 Å². The second-order valence-corrected chi connectivity index (χ2v) is 7.96. The number of hydrogen-bond donors (Lipinski definition) is 0. The molecule has 0 aromatic carbocycles. The number of likely N-dealkylation sites (N-methyl/N-ethyl adjacent to an activating group) is 1. The Bertz CT molecular complexity index is 852. The molecular weight excluding hydrogens is 360 g/mol. The summed E-state index contributed by atoms with van der Waals surface area (Å²) in [5.74, 6) is 1.07. The third-order valence-electron chi connectivity index (χ3n) is 6.02. The molecule has 0 aliphatic carbocycles. The maximum Gasteiger partial charge on any atom is 0.402 e. The lowest BCUT2D eigenvalue weighted by Gasteiger charge is -2.35. The molecule has 0 N–H and O–H groups in total. The first-order chi connectivity index (χ1) is 13.3. The summed E-state index contributed by atoms with van der Waals surface area (Å²) in [5.41, 5.74) is 2.11. The lowest BCUT2D eigenvalue weighted by Crippen LogP contribution is -2.64. The number of amides is 3. The van der Waals surface area contributed by atoms with Crippen LogP contribution in [-0.4, -0.2) is 83.5 Å². The number of rotatable bonds is 4. The van der Waals surface area contributed by atoms with Gasteiger partial charge < -0.3 is 4.74 Å². The van der Waals surface area contributed by atoms with Crippen LogP contribution in [0.3, 0.4) is 0 Å². The van der Waals surface area contributed by atoms with Crippen LogP contribution in [0.15, 0.2) is 4.99 Å². The minimum absolute atomic E-state index is 0.192. The van der Waals surface area contributed by atoms with E-state index in [0.717, 1.165) is 30.4 Å². The molecule has 4 rings (SSSR count). The molecule has 1 unspecified atom stereocenters. The average Bonchev–Trinajstić information content (AvgIpc) is 3.16. The number of carbonyl (C=O) groups excluding carboxylic acids is 2. The van der Waals surface area contributed by atoms with Crippen molar-refractivity contribution in [3.05, 3.63) is 11.4 Å². The first-order valence-electron chi connectivity index (χ1n) is 9.93. The fourth-order valence-electron chi connectivity index (χ4n) is 4.35. The van der Waals surface area contributed by atoms with Crippen molar-refractivity contribution in [3.63, 3.8) is 0 Å². The zero-order chi connectivity index (χ0) is 20.2. The van der Waals surface area contributed by atoms with Gasteiger partial charge in [0.2, 0.25) is 11.9 Å². The van der Waals surface area contributed by atoms with Crippen molar-refractivity contribution in [3.8, 4) is 0 Å². The van der Waals surface area contributed by atoms with Crippen molar-refractivity contribution < 1.29 is 18.9 Å². The molecule has 0 saturated carbocycles. The van der Waals surface area contributed by atoms with Crippen LogP contribution in [0.5, 0.6) is 0 Å². The number of ether oxygens (including phenoxy) is 1. The topological polar surface area (TPSA) is 74.3 Å². The number of fused-ring (bicyclic) bond motifs is 3. The Hall–Kier alpha value is -2.26. The SMILES string of the molecule is Cc1c(C)[n+]2c(n1C(C)C)N=C1C2C(=O)N(CCN2CCOCC2)C(=O)N1C. The van der Waals surface area contributed by atoms with Gasteiger partial charge in [0.1, 0.15) is 11.4 Å². The molecule has 3 aliphatic rings. The molecule has 9 heteroatoms. The summed E-state index contributed by atoms with van der Waals surface area (Å²) in [6.07, 6.45) is 0. The second-order valence-electron chi connectivity index (χ2n) is 7.96. The van der Waals surface area contributed by atoms with Gasteiger partial charge in [0.05, 0.1) is 19.3 Å². The largest absolute Gasteiger partial charge is 0.402 e. The minimum Gasteiger partial charge on any atom is -0.379 e. The monoisotopic (exact) mass is 389 g/mol. The van der Waals surface area contributed by atoms with Gasteiger partial charge in [-0.05, 0) is 27.7 Å². The highest BCUT2D eigenvalue weighted by atomic mass is 16.5. The summed E-state index contributed by atoms with van der Waals surface area (Å²) >= 11 is 0. The van der Waals surface area contributed by atoms with Gasteiger partial charge in [-0.2, -0.15) is 0 Å². The minimum atomic E-state index is -0.568. The molecule has 1 aromatic rings. The van der Waals surface area contributed by atoms with E-state index in [1.54, 1.807) is 7.05 Å². The molecule has 28 heavy (non-hydrogen) atoms. The van der Waals surface area contributed by atoms with Crippen molar-refractivity contribution in [2.45, 2.75) is 39.8 Å². The van der Waals surface area contributed by atoms with Gasteiger partial charge in [-0.1, -0.05) is 4.99 Å². The van der Waals surface area contributed by atoms with Gasteiger partial charge in [-0.25, -0.2) is 13.9 Å². The Morgan fingerprint density at radius 1 is 1.18 bits per heavy atom. The zero-order valence-corrected chi connectivity index (χ0v) is 17.3. The number of aromatic nitrogens is 2. The Kier molecular flexibility index (Phi) is 4.75. The predicted molar refractivity (Wildman–Crippen MR) is 103 cm³/mol. The van der Waals surface area contributed by atoms with Crippen LogP contribution in [0.1, 0.15) is 37.3 Å². The summed E-state index contributed by atoms with van der Waals surface area (Å²) in [5, 5.41) is 0. The summed E-state index contributed by atoms with van der Waals surface area (Å²) < 4.78 is 9.49. The molecule has 0 spiro atoms. The highest BCUT2D eigenvalue weighted by Crippen LogP contribution is 2.32. The number of amidine groups is 1. The van der Waals surface area contributed by atoms with Crippen molar-refractivity contribution in [2.24, 2.45) is 4.99 Å². The molecule has 3 amide bonds. The number of nitrogens with zero attached hydrogens (tertiary/aromatic N) is 6. The third-order valence-corrected chi connectivity index (χ3v) is 6.02. The van der Waals surface area contributed by atoms with Gasteiger partial charge in [0.25, 0.3) is 5.91 Å². The normalized spacial score (nSPS) is 22.8. The molecule has 4 heterocycles. The van der Waals surface area contributed by atoms with Crippen molar-refractivity contribution in [2.75, 3.05) is 46.4 Å². The van der Waals surface area contributed by atoms with Crippen LogP contribution in [0.4, 0.5) is 10.7 Å². The van der Waals surface area contributed by atoms with E-state index < -0.39 is 6.04 Å². The molecule has 1 atom stereocenters. The second kappa shape index (κ2) is 6.97. The summed E-state index contributed by atoms with van der Waals surface area (Å²) in [6.45, 7) is 12.4. The number of urea groups is 1. The van der Waals surface area contributed by atoms with Crippen molar-refractivity contribution in [1.82, 2.24) is 19.3 Å². The third kappa shape index (κ3) is 2.76. The van der Waals surface area contributed by atoms with E-state index in [1.165, 1.54) is 9.80 Å². The molecular formula is C19H29N6O3+. The number of carbonyl (C=O) groups is 2. The van der Waals surface area contributed by atoms with Crippen LogP contribution in [-0.2, 0) is 9.53 Å². The first-order valence-corrected chi connectivity index (χ1v) is 9.93. The highest BCUT2D eigenvalue weighted by Gasteiger charge is 2.54. The average molecular weight is 389 g/mol. The Labute approximate surface area is 165 Å². The van der Waals surface area contributed by atoms with E-state index in [-0.39, 0.29) is 18.0 Å². The van der Waals surface area contributed by atoms with Crippen LogP contribution < -0.4 is 4.57 Å². The number of imide groups is 1. The number of hydrogen-bond acceptors (Lipinski definition) is 5. The summed E-state index contributed by atoms with van der Waals surface area (Å²) in [6, 6.07) is -0.654. The zero-order valence-electron chi connectivity index (χ0n) is 17.3. The molecule has 0 radical (unpaired) electrons. The number of morpholine rings is 1. The highest BCUT2D eigenvalue weighted by molar-refractivity contribution is 6.19. The maximum atomic E-state index is 13.4. The van der Waals surface area contributed by atoms with E-state index in [9.17, 15) is 9.59 Å². The molecule has 9 nitrogen and oxygen atoms in total. The molecule has 1 aromatic heterocycles. The number of aliphatic imine (C=N–C) groups is 1. The first kappa shape index (κ1) is 19.1. The van der Waals surface area contributed by atoms with Gasteiger partial charge in [0.15, 0.2) is 0 Å². The van der Waals surface area contributed by atoms with Crippen LogP contribution in [0.25, 0.3) is 0 Å². The standard InChI is InChI=1S/C19H29N6O3/c1-12(2)24-13(3)14(4)25-15-16(20-18(24)25)21(5)19(27)23(17(15)26)7-6-22-8-10-28-11-9-22/h12,15H,6-11H2,1-5H3/q+1. The van der Waals surface area contributed by atoms with Crippen LogP contribution >= 0.6 is 0 Å². The van der Waals surface area contributed by atoms with Crippen LogP contribution in [0.2, 0.25) is 0 Å². The lowest BCUT2D eigenvalue weighted by molar-refractivity contribution is -0.683. The van der Waals surface area contributed by atoms with Gasteiger partial charge in [-0.15, -0.1) is 0 Å². The van der Waals surface area contributed by atoms with Gasteiger partial charge >= 0.3 is 12.0 Å².